The van der Waals surface area contributed by atoms with Gasteiger partial charge in [0.2, 0.25) is 5.95 Å². The van der Waals surface area contributed by atoms with Gasteiger partial charge in [-0.1, -0.05) is 17.7 Å². The quantitative estimate of drug-likeness (QED) is 0.563. The molecule has 0 atom stereocenters. The van der Waals surface area contributed by atoms with Crippen molar-refractivity contribution in [2.45, 2.75) is 0 Å². The van der Waals surface area contributed by atoms with Gasteiger partial charge in [0, 0.05) is 10.4 Å². The second-order valence-corrected chi connectivity index (χ2v) is 5.91. The van der Waals surface area contributed by atoms with Crippen LogP contribution in [-0.4, -0.2) is 9.55 Å². The normalized spacial score (nSPS) is 11.4. The molecular formula is C15H10ClN3S. The number of hydrogen-bond acceptors (Lipinski definition) is 3. The number of anilines is 1. The summed E-state index contributed by atoms with van der Waals surface area (Å²) in [4.78, 5) is 4.38. The number of aromatic nitrogens is 2. The van der Waals surface area contributed by atoms with Crippen molar-refractivity contribution in [3.05, 3.63) is 52.9 Å². The minimum absolute atomic E-state index is 0.447. The highest BCUT2D eigenvalue weighted by molar-refractivity contribution is 7.17. The van der Waals surface area contributed by atoms with E-state index in [1.165, 1.54) is 10.1 Å². The molecule has 0 aliphatic heterocycles. The van der Waals surface area contributed by atoms with Gasteiger partial charge in [-0.05, 0) is 47.2 Å². The fourth-order valence-electron chi connectivity index (χ4n) is 2.46. The molecule has 0 fully saturated rings. The summed E-state index contributed by atoms with van der Waals surface area (Å²) in [5.74, 6) is 0.447. The van der Waals surface area contributed by atoms with Crippen molar-refractivity contribution in [3.63, 3.8) is 0 Å². The molecule has 0 amide bonds. The molecule has 0 bridgehead atoms. The Balaban J connectivity index is 2.08. The first-order valence-electron chi connectivity index (χ1n) is 6.14. The van der Waals surface area contributed by atoms with E-state index in [0.29, 0.717) is 11.0 Å². The van der Waals surface area contributed by atoms with Crippen LogP contribution in [0.15, 0.2) is 47.8 Å². The molecule has 2 N–H and O–H groups in total. The van der Waals surface area contributed by atoms with Crippen molar-refractivity contribution < 1.29 is 0 Å². The van der Waals surface area contributed by atoms with Crippen LogP contribution in [0, 0.1) is 0 Å². The zero-order valence-corrected chi connectivity index (χ0v) is 11.9. The lowest BCUT2D eigenvalue weighted by Gasteiger charge is -2.07. The van der Waals surface area contributed by atoms with Gasteiger partial charge in [0.25, 0.3) is 0 Å². The van der Waals surface area contributed by atoms with Crippen LogP contribution in [0.4, 0.5) is 5.95 Å². The molecule has 2 aromatic heterocycles. The molecule has 0 radical (unpaired) electrons. The molecular weight excluding hydrogens is 290 g/mol. The van der Waals surface area contributed by atoms with Crippen LogP contribution in [0.25, 0.3) is 26.8 Å². The number of imidazole rings is 1. The lowest BCUT2D eigenvalue weighted by atomic mass is 10.2. The summed E-state index contributed by atoms with van der Waals surface area (Å²) in [5, 5.41) is 3.93. The molecule has 0 spiro atoms. The molecule has 3 nitrogen and oxygen atoms in total. The Morgan fingerprint density at radius 1 is 1.15 bits per heavy atom. The molecule has 2 aromatic carbocycles. The van der Waals surface area contributed by atoms with E-state index in [9.17, 15) is 0 Å². The average Bonchev–Trinajstić information content (AvgIpc) is 3.01. The zero-order chi connectivity index (χ0) is 13.7. The molecule has 20 heavy (non-hydrogen) atoms. The molecule has 4 aromatic rings. The number of para-hydroxylation sites is 1. The minimum Gasteiger partial charge on any atom is -0.369 e. The van der Waals surface area contributed by atoms with Gasteiger partial charge in [0.1, 0.15) is 0 Å². The molecule has 98 valence electrons. The first kappa shape index (κ1) is 11.8. The molecule has 0 saturated heterocycles. The first-order chi connectivity index (χ1) is 9.74. The van der Waals surface area contributed by atoms with Gasteiger partial charge in [0.15, 0.2) is 0 Å². The molecule has 0 aliphatic rings. The summed E-state index contributed by atoms with van der Waals surface area (Å²) in [5.41, 5.74) is 8.70. The Labute approximate surface area is 124 Å². The SMILES string of the molecule is Nc1nc2cccc(Cl)c2n1-c1ccc2sccc2c1. The van der Waals surface area contributed by atoms with E-state index in [2.05, 4.69) is 28.6 Å². The predicted molar refractivity (Wildman–Crippen MR) is 85.9 cm³/mol. The summed E-state index contributed by atoms with van der Waals surface area (Å²) in [6.07, 6.45) is 0. The van der Waals surface area contributed by atoms with Crippen LogP contribution in [0.2, 0.25) is 5.02 Å². The second-order valence-electron chi connectivity index (χ2n) is 4.56. The molecule has 0 aliphatic carbocycles. The number of nitrogens with zero attached hydrogens (tertiary/aromatic N) is 2. The van der Waals surface area contributed by atoms with E-state index in [-0.39, 0.29) is 0 Å². The van der Waals surface area contributed by atoms with E-state index < -0.39 is 0 Å². The predicted octanol–water partition coefficient (Wildman–Crippen LogP) is 4.48. The second kappa shape index (κ2) is 4.23. The fraction of sp³-hybridized carbons (Fsp3) is 0. The maximum atomic E-state index is 6.31. The van der Waals surface area contributed by atoms with E-state index >= 15 is 0 Å². The number of hydrogen-bond donors (Lipinski definition) is 1. The van der Waals surface area contributed by atoms with Crippen molar-refractivity contribution in [2.24, 2.45) is 0 Å². The number of nitrogen functional groups attached to an aromatic ring is 1. The lowest BCUT2D eigenvalue weighted by molar-refractivity contribution is 1.11. The number of fused-ring (bicyclic) bond motifs is 2. The average molecular weight is 300 g/mol. The van der Waals surface area contributed by atoms with Gasteiger partial charge >= 0.3 is 0 Å². The van der Waals surface area contributed by atoms with Gasteiger partial charge in [-0.3, -0.25) is 4.57 Å². The van der Waals surface area contributed by atoms with Gasteiger partial charge in [-0.2, -0.15) is 0 Å². The van der Waals surface area contributed by atoms with Crippen molar-refractivity contribution >= 4 is 50.0 Å². The zero-order valence-electron chi connectivity index (χ0n) is 10.4. The molecule has 5 heteroatoms. The number of benzene rings is 2. The van der Waals surface area contributed by atoms with Crippen LogP contribution >= 0.6 is 22.9 Å². The summed E-state index contributed by atoms with van der Waals surface area (Å²) in [7, 11) is 0. The highest BCUT2D eigenvalue weighted by atomic mass is 35.5. The van der Waals surface area contributed by atoms with Crippen molar-refractivity contribution in [3.8, 4) is 5.69 Å². The highest BCUT2D eigenvalue weighted by Gasteiger charge is 2.13. The maximum absolute atomic E-state index is 6.31. The number of halogens is 1. The van der Waals surface area contributed by atoms with Crippen LogP contribution in [0.1, 0.15) is 0 Å². The van der Waals surface area contributed by atoms with Crippen LogP contribution in [-0.2, 0) is 0 Å². The monoisotopic (exact) mass is 299 g/mol. The lowest BCUT2D eigenvalue weighted by Crippen LogP contribution is -2.00. The standard InChI is InChI=1S/C15H10ClN3S/c16-11-2-1-3-12-14(11)19(15(17)18-12)10-4-5-13-9(8-10)6-7-20-13/h1-8H,(H2,17,18). The topological polar surface area (TPSA) is 43.8 Å². The van der Waals surface area contributed by atoms with Crippen molar-refractivity contribution in [2.75, 3.05) is 5.73 Å². The smallest absolute Gasteiger partial charge is 0.205 e. The van der Waals surface area contributed by atoms with Gasteiger partial charge in [-0.25, -0.2) is 4.98 Å². The van der Waals surface area contributed by atoms with Crippen LogP contribution < -0.4 is 5.73 Å². The summed E-state index contributed by atoms with van der Waals surface area (Å²) in [6, 6.07) is 14.0. The Morgan fingerprint density at radius 2 is 2.05 bits per heavy atom. The highest BCUT2D eigenvalue weighted by Crippen LogP contribution is 2.31. The Hall–Kier alpha value is -2.04. The Morgan fingerprint density at radius 3 is 2.95 bits per heavy atom. The van der Waals surface area contributed by atoms with Crippen molar-refractivity contribution in [1.82, 2.24) is 9.55 Å². The van der Waals surface area contributed by atoms with E-state index in [4.69, 9.17) is 17.3 Å². The molecule has 2 heterocycles. The third-order valence-corrected chi connectivity index (χ3v) is 4.55. The van der Waals surface area contributed by atoms with Crippen molar-refractivity contribution in [1.29, 1.82) is 0 Å². The number of rotatable bonds is 1. The fourth-order valence-corrected chi connectivity index (χ4v) is 3.48. The Kier molecular flexibility index (Phi) is 2.49. The molecule has 0 saturated carbocycles. The maximum Gasteiger partial charge on any atom is 0.205 e. The molecule has 0 unspecified atom stereocenters. The number of thiophene rings is 1. The van der Waals surface area contributed by atoms with E-state index in [0.717, 1.165) is 16.7 Å². The largest absolute Gasteiger partial charge is 0.369 e. The summed E-state index contributed by atoms with van der Waals surface area (Å²) >= 11 is 8.03. The number of nitrogens with two attached hydrogens (primary N) is 1. The third-order valence-electron chi connectivity index (χ3n) is 3.35. The molecule has 4 rings (SSSR count). The van der Waals surface area contributed by atoms with Gasteiger partial charge in [0.05, 0.1) is 16.1 Å². The summed E-state index contributed by atoms with van der Waals surface area (Å²) in [6.45, 7) is 0. The minimum atomic E-state index is 0.447. The van der Waals surface area contributed by atoms with Crippen LogP contribution in [0.3, 0.4) is 0 Å². The van der Waals surface area contributed by atoms with E-state index in [1.807, 2.05) is 28.8 Å². The first-order valence-corrected chi connectivity index (χ1v) is 7.40. The summed E-state index contributed by atoms with van der Waals surface area (Å²) < 4.78 is 3.15. The Bertz CT molecular complexity index is 939. The van der Waals surface area contributed by atoms with E-state index in [1.54, 1.807) is 11.3 Å². The van der Waals surface area contributed by atoms with Gasteiger partial charge in [-0.15, -0.1) is 11.3 Å². The van der Waals surface area contributed by atoms with Crippen LogP contribution in [0.5, 0.6) is 0 Å². The van der Waals surface area contributed by atoms with Gasteiger partial charge < -0.3 is 5.73 Å². The third kappa shape index (κ3) is 1.62.